The number of hydrogen-bond acceptors (Lipinski definition) is 2. The first kappa shape index (κ1) is 11.4. The van der Waals surface area contributed by atoms with Crippen molar-refractivity contribution in [2.24, 2.45) is 0 Å². The SMILES string of the molecule is C=CCC=COc1ccc(OCC)cc1. The van der Waals surface area contributed by atoms with Crippen molar-refractivity contribution in [3.8, 4) is 11.5 Å². The van der Waals surface area contributed by atoms with Crippen molar-refractivity contribution in [1.82, 2.24) is 0 Å². The van der Waals surface area contributed by atoms with Gasteiger partial charge in [-0.1, -0.05) is 6.08 Å². The fourth-order valence-electron chi connectivity index (χ4n) is 1.06. The highest BCUT2D eigenvalue weighted by molar-refractivity contribution is 5.31. The summed E-state index contributed by atoms with van der Waals surface area (Å²) in [6.45, 7) is 6.25. The molecule has 1 rings (SSSR count). The van der Waals surface area contributed by atoms with Crippen molar-refractivity contribution in [1.29, 1.82) is 0 Å². The maximum Gasteiger partial charge on any atom is 0.126 e. The number of allylic oxidation sites excluding steroid dienone is 2. The molecule has 0 saturated heterocycles. The normalized spacial score (nSPS) is 10.2. The molecule has 0 aliphatic heterocycles. The summed E-state index contributed by atoms with van der Waals surface area (Å²) in [6, 6.07) is 7.53. The van der Waals surface area contributed by atoms with Crippen LogP contribution in [0, 0.1) is 0 Å². The van der Waals surface area contributed by atoms with Crippen LogP contribution in [0.3, 0.4) is 0 Å². The molecule has 0 spiro atoms. The first-order valence-electron chi connectivity index (χ1n) is 5.02. The Morgan fingerprint density at radius 1 is 1.20 bits per heavy atom. The van der Waals surface area contributed by atoms with Crippen LogP contribution >= 0.6 is 0 Å². The fraction of sp³-hybridized carbons (Fsp3) is 0.231. The van der Waals surface area contributed by atoms with Gasteiger partial charge in [-0.05, 0) is 43.7 Å². The topological polar surface area (TPSA) is 18.5 Å². The van der Waals surface area contributed by atoms with E-state index in [1.54, 1.807) is 6.26 Å². The Morgan fingerprint density at radius 2 is 1.87 bits per heavy atom. The highest BCUT2D eigenvalue weighted by Crippen LogP contribution is 2.17. The monoisotopic (exact) mass is 204 g/mol. The molecule has 80 valence electrons. The zero-order valence-corrected chi connectivity index (χ0v) is 8.98. The predicted molar refractivity (Wildman–Crippen MR) is 62.2 cm³/mol. The molecular weight excluding hydrogens is 188 g/mol. The zero-order chi connectivity index (χ0) is 10.9. The van der Waals surface area contributed by atoms with Crippen molar-refractivity contribution in [3.05, 3.63) is 49.3 Å². The molecule has 1 aromatic carbocycles. The minimum absolute atomic E-state index is 0.680. The van der Waals surface area contributed by atoms with E-state index in [-0.39, 0.29) is 0 Å². The Labute approximate surface area is 90.8 Å². The number of ether oxygens (including phenoxy) is 2. The van der Waals surface area contributed by atoms with Gasteiger partial charge < -0.3 is 9.47 Å². The molecule has 0 unspecified atom stereocenters. The van der Waals surface area contributed by atoms with Crippen LogP contribution in [0.25, 0.3) is 0 Å². The molecule has 15 heavy (non-hydrogen) atoms. The van der Waals surface area contributed by atoms with Crippen LogP contribution in [0.5, 0.6) is 11.5 Å². The molecule has 0 atom stereocenters. The van der Waals surface area contributed by atoms with Crippen molar-refractivity contribution in [3.63, 3.8) is 0 Å². The lowest BCUT2D eigenvalue weighted by molar-refractivity contribution is 0.339. The smallest absolute Gasteiger partial charge is 0.126 e. The van der Waals surface area contributed by atoms with Gasteiger partial charge in [-0.25, -0.2) is 0 Å². The minimum Gasteiger partial charge on any atom is -0.494 e. The fourth-order valence-corrected chi connectivity index (χ4v) is 1.06. The molecule has 0 fully saturated rings. The van der Waals surface area contributed by atoms with Gasteiger partial charge in [0.1, 0.15) is 11.5 Å². The molecule has 2 nitrogen and oxygen atoms in total. The van der Waals surface area contributed by atoms with E-state index in [2.05, 4.69) is 6.58 Å². The Balaban J connectivity index is 2.45. The lowest BCUT2D eigenvalue weighted by atomic mass is 10.3. The van der Waals surface area contributed by atoms with Gasteiger partial charge in [0.15, 0.2) is 0 Å². The molecule has 0 N–H and O–H groups in total. The summed E-state index contributed by atoms with van der Waals surface area (Å²) in [7, 11) is 0. The Morgan fingerprint density at radius 3 is 2.47 bits per heavy atom. The largest absolute Gasteiger partial charge is 0.494 e. The summed E-state index contributed by atoms with van der Waals surface area (Å²) >= 11 is 0. The van der Waals surface area contributed by atoms with E-state index >= 15 is 0 Å². The van der Waals surface area contributed by atoms with E-state index in [4.69, 9.17) is 9.47 Å². The molecule has 0 saturated carbocycles. The molecule has 0 aromatic heterocycles. The van der Waals surface area contributed by atoms with Crippen molar-refractivity contribution in [2.45, 2.75) is 13.3 Å². The van der Waals surface area contributed by atoms with Crippen LogP contribution in [-0.4, -0.2) is 6.61 Å². The van der Waals surface area contributed by atoms with Crippen molar-refractivity contribution in [2.75, 3.05) is 6.61 Å². The van der Waals surface area contributed by atoms with Crippen molar-refractivity contribution < 1.29 is 9.47 Å². The first-order chi connectivity index (χ1) is 7.36. The number of rotatable bonds is 6. The maximum atomic E-state index is 5.36. The third kappa shape index (κ3) is 4.36. The van der Waals surface area contributed by atoms with Gasteiger partial charge in [0.25, 0.3) is 0 Å². The average Bonchev–Trinajstić information content (AvgIpc) is 2.27. The van der Waals surface area contributed by atoms with Crippen LogP contribution in [0.15, 0.2) is 49.3 Å². The van der Waals surface area contributed by atoms with Gasteiger partial charge in [-0.3, -0.25) is 0 Å². The standard InChI is InChI=1S/C13H16O2/c1-3-5-6-11-15-13-9-7-12(8-10-13)14-4-2/h3,6-11H,1,4-5H2,2H3. The van der Waals surface area contributed by atoms with Gasteiger partial charge in [0.05, 0.1) is 12.9 Å². The van der Waals surface area contributed by atoms with Crippen LogP contribution in [0.2, 0.25) is 0 Å². The van der Waals surface area contributed by atoms with Gasteiger partial charge >= 0.3 is 0 Å². The molecule has 0 radical (unpaired) electrons. The second-order valence-electron chi connectivity index (χ2n) is 2.92. The summed E-state index contributed by atoms with van der Waals surface area (Å²) < 4.78 is 10.7. The van der Waals surface area contributed by atoms with E-state index < -0.39 is 0 Å². The summed E-state index contributed by atoms with van der Waals surface area (Å²) in [5.74, 6) is 1.67. The maximum absolute atomic E-state index is 5.36. The summed E-state index contributed by atoms with van der Waals surface area (Å²) in [5.41, 5.74) is 0. The summed E-state index contributed by atoms with van der Waals surface area (Å²) in [6.07, 6.45) is 6.20. The average molecular weight is 204 g/mol. The third-order valence-corrected chi connectivity index (χ3v) is 1.74. The number of benzene rings is 1. The molecule has 2 heteroatoms. The Hall–Kier alpha value is -1.70. The van der Waals surface area contributed by atoms with Crippen LogP contribution < -0.4 is 9.47 Å². The van der Waals surface area contributed by atoms with E-state index in [0.717, 1.165) is 17.9 Å². The lowest BCUT2D eigenvalue weighted by Gasteiger charge is -2.03. The second-order valence-corrected chi connectivity index (χ2v) is 2.92. The first-order valence-corrected chi connectivity index (χ1v) is 5.02. The van der Waals surface area contributed by atoms with Crippen LogP contribution in [-0.2, 0) is 0 Å². The van der Waals surface area contributed by atoms with Gasteiger partial charge in [0.2, 0.25) is 0 Å². The van der Waals surface area contributed by atoms with Gasteiger partial charge in [0, 0.05) is 0 Å². The van der Waals surface area contributed by atoms with E-state index in [1.165, 1.54) is 0 Å². The third-order valence-electron chi connectivity index (χ3n) is 1.74. The molecule has 0 heterocycles. The summed E-state index contributed by atoms with van der Waals surface area (Å²) in [4.78, 5) is 0. The molecule has 0 amide bonds. The second kappa shape index (κ2) is 6.71. The lowest BCUT2D eigenvalue weighted by Crippen LogP contribution is -1.90. The van der Waals surface area contributed by atoms with Crippen LogP contribution in [0.1, 0.15) is 13.3 Å². The van der Waals surface area contributed by atoms with Crippen LogP contribution in [0.4, 0.5) is 0 Å². The zero-order valence-electron chi connectivity index (χ0n) is 8.98. The predicted octanol–water partition coefficient (Wildman–Crippen LogP) is 3.55. The van der Waals surface area contributed by atoms with E-state index in [1.807, 2.05) is 43.3 Å². The molecular formula is C13H16O2. The highest BCUT2D eigenvalue weighted by Gasteiger charge is 1.93. The summed E-state index contributed by atoms with van der Waals surface area (Å²) in [5, 5.41) is 0. The Kier molecular flexibility index (Phi) is 5.09. The van der Waals surface area contributed by atoms with Crippen molar-refractivity contribution >= 4 is 0 Å². The molecule has 0 aliphatic rings. The molecule has 0 bridgehead atoms. The van der Waals surface area contributed by atoms with E-state index in [0.29, 0.717) is 6.61 Å². The highest BCUT2D eigenvalue weighted by atomic mass is 16.5. The Bertz CT molecular complexity index is 312. The van der Waals surface area contributed by atoms with Gasteiger partial charge in [-0.2, -0.15) is 0 Å². The minimum atomic E-state index is 0.680. The quantitative estimate of drug-likeness (QED) is 0.521. The molecule has 1 aromatic rings. The van der Waals surface area contributed by atoms with E-state index in [9.17, 15) is 0 Å². The molecule has 0 aliphatic carbocycles. The number of hydrogen-bond donors (Lipinski definition) is 0. The van der Waals surface area contributed by atoms with Gasteiger partial charge in [-0.15, -0.1) is 6.58 Å².